The summed E-state index contributed by atoms with van der Waals surface area (Å²) in [6.07, 6.45) is 2.28. The van der Waals surface area contributed by atoms with Crippen molar-refractivity contribution in [2.45, 2.75) is 25.8 Å². The smallest absolute Gasteiger partial charge is 0.253 e. The molecule has 2 aromatic carbocycles. The van der Waals surface area contributed by atoms with Gasteiger partial charge in [-0.2, -0.15) is 0 Å². The topological polar surface area (TPSA) is 66.6 Å². The highest BCUT2D eigenvalue weighted by Crippen LogP contribution is 2.22. The number of amides is 2. The van der Waals surface area contributed by atoms with E-state index < -0.39 is 0 Å². The molecule has 3 rings (SSSR count). The number of carbonyl (C=O) groups is 2. The molecule has 1 saturated heterocycles. The molecule has 0 aliphatic carbocycles. The van der Waals surface area contributed by atoms with Gasteiger partial charge in [-0.3, -0.25) is 9.59 Å². The minimum atomic E-state index is -0.371. The fourth-order valence-electron chi connectivity index (χ4n) is 3.75. The lowest BCUT2D eigenvalue weighted by atomic mass is 9.95. The Morgan fingerprint density at radius 2 is 1.80 bits per heavy atom. The third-order valence-electron chi connectivity index (χ3n) is 5.31. The Morgan fingerprint density at radius 3 is 2.47 bits per heavy atom. The molecule has 0 saturated carbocycles. The van der Waals surface area contributed by atoms with Gasteiger partial charge in [0.15, 0.2) is 0 Å². The maximum Gasteiger partial charge on any atom is 0.253 e. The van der Waals surface area contributed by atoms with Gasteiger partial charge in [-0.25, -0.2) is 4.39 Å². The van der Waals surface area contributed by atoms with Crippen LogP contribution in [0.5, 0.6) is 0 Å². The van der Waals surface area contributed by atoms with E-state index in [1.807, 2.05) is 35.2 Å². The molecule has 1 atom stereocenters. The van der Waals surface area contributed by atoms with Gasteiger partial charge >= 0.3 is 0 Å². The van der Waals surface area contributed by atoms with Crippen LogP contribution in [0.25, 0.3) is 0 Å². The van der Waals surface area contributed by atoms with E-state index in [4.69, 9.17) is 5.73 Å². The van der Waals surface area contributed by atoms with Crippen molar-refractivity contribution < 1.29 is 14.0 Å². The molecule has 2 N–H and O–H groups in total. The Morgan fingerprint density at radius 1 is 1.10 bits per heavy atom. The van der Waals surface area contributed by atoms with E-state index in [0.717, 1.165) is 24.8 Å². The second-order valence-electron chi connectivity index (χ2n) is 7.48. The molecule has 162 valence electrons. The highest BCUT2D eigenvalue weighted by Gasteiger charge is 2.31. The number of likely N-dealkylation sites (tertiary alicyclic amines) is 1. The Balaban J connectivity index is 0.00000320. The summed E-state index contributed by atoms with van der Waals surface area (Å²) in [6, 6.07) is 15.5. The first kappa shape index (κ1) is 23.8. The molecule has 7 heteroatoms. The van der Waals surface area contributed by atoms with E-state index in [-0.39, 0.29) is 36.0 Å². The lowest BCUT2D eigenvalue weighted by Gasteiger charge is -2.35. The Kier molecular flexibility index (Phi) is 9.27. The largest absolute Gasteiger partial charge is 0.338 e. The monoisotopic (exact) mass is 433 g/mol. The minimum absolute atomic E-state index is 0. The molecule has 2 aromatic rings. The summed E-state index contributed by atoms with van der Waals surface area (Å²) < 4.78 is 13.1. The summed E-state index contributed by atoms with van der Waals surface area (Å²) in [7, 11) is 0. The van der Waals surface area contributed by atoms with Gasteiger partial charge in [0.1, 0.15) is 5.82 Å². The molecule has 0 radical (unpaired) electrons. The third-order valence-corrected chi connectivity index (χ3v) is 5.31. The summed E-state index contributed by atoms with van der Waals surface area (Å²) in [5.74, 6) is -0.683. The average molecular weight is 434 g/mol. The molecule has 1 aliphatic rings. The highest BCUT2D eigenvalue weighted by atomic mass is 35.5. The SMILES string of the molecule is Cl.NCCCN(Cc1ccccc1)C(=O)C1CCCN(C(=O)c2ccc(F)cc2)C1. The van der Waals surface area contributed by atoms with Crippen LogP contribution < -0.4 is 5.73 Å². The van der Waals surface area contributed by atoms with Gasteiger partial charge in [-0.15, -0.1) is 12.4 Å². The molecule has 0 bridgehead atoms. The Bertz CT molecular complexity index is 817. The quantitative estimate of drug-likeness (QED) is 0.726. The fourth-order valence-corrected chi connectivity index (χ4v) is 3.75. The maximum absolute atomic E-state index is 13.3. The first-order valence-electron chi connectivity index (χ1n) is 10.2. The van der Waals surface area contributed by atoms with Crippen LogP contribution in [-0.2, 0) is 11.3 Å². The highest BCUT2D eigenvalue weighted by molar-refractivity contribution is 5.94. The van der Waals surface area contributed by atoms with Crippen LogP contribution in [0.15, 0.2) is 54.6 Å². The van der Waals surface area contributed by atoms with Crippen molar-refractivity contribution in [1.29, 1.82) is 0 Å². The predicted molar refractivity (Wildman–Crippen MR) is 118 cm³/mol. The van der Waals surface area contributed by atoms with Gasteiger partial charge in [0.05, 0.1) is 5.92 Å². The van der Waals surface area contributed by atoms with Crippen molar-refractivity contribution in [1.82, 2.24) is 9.80 Å². The minimum Gasteiger partial charge on any atom is -0.338 e. The van der Waals surface area contributed by atoms with Crippen LogP contribution >= 0.6 is 12.4 Å². The summed E-state index contributed by atoms with van der Waals surface area (Å²) in [4.78, 5) is 29.6. The number of piperidine rings is 1. The van der Waals surface area contributed by atoms with Crippen LogP contribution in [0.4, 0.5) is 4.39 Å². The van der Waals surface area contributed by atoms with Crippen molar-refractivity contribution >= 4 is 24.2 Å². The van der Waals surface area contributed by atoms with Crippen LogP contribution in [0.2, 0.25) is 0 Å². The maximum atomic E-state index is 13.3. The molecule has 1 unspecified atom stereocenters. The van der Waals surface area contributed by atoms with Gasteiger partial charge < -0.3 is 15.5 Å². The summed E-state index contributed by atoms with van der Waals surface area (Å²) >= 11 is 0. The normalized spacial score (nSPS) is 15.9. The average Bonchev–Trinajstić information content (AvgIpc) is 2.77. The van der Waals surface area contributed by atoms with E-state index in [1.54, 1.807) is 4.90 Å². The van der Waals surface area contributed by atoms with Crippen molar-refractivity contribution in [2.24, 2.45) is 11.7 Å². The van der Waals surface area contributed by atoms with Gasteiger partial charge in [-0.1, -0.05) is 30.3 Å². The van der Waals surface area contributed by atoms with Crippen molar-refractivity contribution in [3.63, 3.8) is 0 Å². The molecule has 5 nitrogen and oxygen atoms in total. The van der Waals surface area contributed by atoms with Crippen molar-refractivity contribution in [2.75, 3.05) is 26.2 Å². The molecule has 1 heterocycles. The van der Waals surface area contributed by atoms with Crippen molar-refractivity contribution in [3.05, 3.63) is 71.5 Å². The lowest BCUT2D eigenvalue weighted by Crippen LogP contribution is -2.47. The number of benzene rings is 2. The van der Waals surface area contributed by atoms with Crippen LogP contribution in [-0.4, -0.2) is 47.8 Å². The number of nitrogens with two attached hydrogens (primary N) is 1. The van der Waals surface area contributed by atoms with Gasteiger partial charge in [0.25, 0.3) is 5.91 Å². The molecule has 1 aliphatic heterocycles. The Labute approximate surface area is 183 Å². The second kappa shape index (κ2) is 11.7. The van der Waals surface area contributed by atoms with Gasteiger partial charge in [0.2, 0.25) is 5.91 Å². The zero-order valence-electron chi connectivity index (χ0n) is 17.0. The molecule has 30 heavy (non-hydrogen) atoms. The fraction of sp³-hybridized carbons (Fsp3) is 0.391. The van der Waals surface area contributed by atoms with Crippen molar-refractivity contribution in [3.8, 4) is 0 Å². The standard InChI is InChI=1S/C23H28FN3O2.ClH/c24-21-11-9-19(10-12-21)22(28)27-14-4-8-20(17-27)23(29)26(15-5-13-25)16-18-6-2-1-3-7-18;/h1-3,6-7,9-12,20H,4-5,8,13-17,25H2;1H. The van der Waals surface area contributed by atoms with E-state index in [2.05, 4.69) is 0 Å². The third kappa shape index (κ3) is 6.28. The molecule has 2 amide bonds. The van der Waals surface area contributed by atoms with E-state index in [9.17, 15) is 14.0 Å². The zero-order valence-corrected chi connectivity index (χ0v) is 17.8. The van der Waals surface area contributed by atoms with E-state index >= 15 is 0 Å². The van der Waals surface area contributed by atoms with Gasteiger partial charge in [0, 0.05) is 31.7 Å². The van der Waals surface area contributed by atoms with Crippen LogP contribution in [0.3, 0.4) is 0 Å². The molecular formula is C23H29ClFN3O2. The number of nitrogens with zero attached hydrogens (tertiary/aromatic N) is 2. The summed E-state index contributed by atoms with van der Waals surface area (Å²) in [6.45, 7) is 2.68. The molecular weight excluding hydrogens is 405 g/mol. The number of hydrogen-bond donors (Lipinski definition) is 1. The van der Waals surface area contributed by atoms with E-state index in [1.165, 1.54) is 24.3 Å². The van der Waals surface area contributed by atoms with Crippen LogP contribution in [0, 0.1) is 11.7 Å². The number of hydrogen-bond acceptors (Lipinski definition) is 3. The predicted octanol–water partition coefficient (Wildman–Crippen LogP) is 3.48. The molecule has 0 spiro atoms. The number of carbonyl (C=O) groups excluding carboxylic acids is 2. The molecule has 0 aromatic heterocycles. The first-order chi connectivity index (χ1) is 14.1. The molecule has 1 fully saturated rings. The van der Waals surface area contributed by atoms with Crippen LogP contribution in [0.1, 0.15) is 35.2 Å². The summed E-state index contributed by atoms with van der Waals surface area (Å²) in [5.41, 5.74) is 7.19. The number of rotatable bonds is 7. The summed E-state index contributed by atoms with van der Waals surface area (Å²) in [5, 5.41) is 0. The first-order valence-corrected chi connectivity index (χ1v) is 10.2. The Hall–Kier alpha value is -2.44. The number of halogens is 2. The van der Waals surface area contributed by atoms with Gasteiger partial charge in [-0.05, 0) is 55.6 Å². The van der Waals surface area contributed by atoms with E-state index in [0.29, 0.717) is 38.3 Å². The lowest BCUT2D eigenvalue weighted by molar-refractivity contribution is -0.137. The second-order valence-corrected chi connectivity index (χ2v) is 7.48. The zero-order chi connectivity index (χ0) is 20.6.